The first-order valence-corrected chi connectivity index (χ1v) is 6.13. The number of carboxylic acids is 1. The Balaban J connectivity index is 0.00000242. The van der Waals surface area contributed by atoms with E-state index in [4.69, 9.17) is 5.11 Å². The van der Waals surface area contributed by atoms with Crippen LogP contribution in [0.5, 0.6) is 0 Å². The van der Waals surface area contributed by atoms with Gasteiger partial charge in [0.15, 0.2) is 0 Å². The van der Waals surface area contributed by atoms with Crippen molar-refractivity contribution in [2.24, 2.45) is 0 Å². The molecule has 8 heteroatoms. The van der Waals surface area contributed by atoms with Gasteiger partial charge in [-0.15, -0.1) is 0 Å². The predicted molar refractivity (Wildman–Crippen MR) is 70.6 cm³/mol. The van der Waals surface area contributed by atoms with Crippen LogP contribution in [-0.2, 0) is 6.18 Å². The van der Waals surface area contributed by atoms with E-state index in [0.29, 0.717) is 0 Å². The number of rotatable bonds is 2. The van der Waals surface area contributed by atoms with Crippen LogP contribution in [0.25, 0.3) is 10.9 Å². The number of carboxylic acid groups (broad SMARTS) is 1. The normalized spacial score (nSPS) is 11.5. The molecule has 22 heavy (non-hydrogen) atoms. The van der Waals surface area contributed by atoms with Gasteiger partial charge in [-0.05, 0) is 23.6 Å². The third kappa shape index (κ3) is 3.09. The molecule has 2 N–H and O–H groups in total. The number of hydrogen-bond acceptors (Lipinski definition) is 2. The zero-order valence-corrected chi connectivity index (χ0v) is 12.3. The number of hydrogen-bond donors (Lipinski definition) is 2. The number of carbonyl (C=O) groups is 1. The average Bonchev–Trinajstić information content (AvgIpc) is 2.36. The Labute approximate surface area is 129 Å². The van der Waals surface area contributed by atoms with E-state index in [0.717, 1.165) is 5.56 Å². The van der Waals surface area contributed by atoms with Crippen LogP contribution in [0.2, 0.25) is 0 Å². The number of fused-ring (bicyclic) bond motifs is 1. The molecule has 120 valence electrons. The summed E-state index contributed by atoms with van der Waals surface area (Å²) in [5.41, 5.74) is -3.25. The van der Waals surface area contributed by atoms with Crippen LogP contribution in [0.1, 0.15) is 41.4 Å². The quantitative estimate of drug-likeness (QED) is 0.834. The molecule has 4 nitrogen and oxygen atoms in total. The topological polar surface area (TPSA) is 70.2 Å². The third-order valence-electron chi connectivity index (χ3n) is 3.19. The Hall–Kier alpha value is -2.02. The van der Waals surface area contributed by atoms with Crippen LogP contribution in [-0.4, -0.2) is 16.1 Å². The van der Waals surface area contributed by atoms with Crippen molar-refractivity contribution in [1.82, 2.24) is 4.98 Å². The first-order chi connectivity index (χ1) is 9.62. The lowest BCUT2D eigenvalue weighted by molar-refractivity contribution is -0.141. The molecule has 1 aromatic heterocycles. The Morgan fingerprint density at radius 1 is 1.27 bits per heavy atom. The molecule has 0 saturated heterocycles. The van der Waals surface area contributed by atoms with Gasteiger partial charge < -0.3 is 22.5 Å². The summed E-state index contributed by atoms with van der Waals surface area (Å²) in [6.45, 7) is 3.72. The van der Waals surface area contributed by atoms with Gasteiger partial charge in [0.05, 0.1) is 0 Å². The maximum absolute atomic E-state index is 12.9. The van der Waals surface area contributed by atoms with Crippen molar-refractivity contribution >= 4 is 16.9 Å². The van der Waals surface area contributed by atoms with Crippen LogP contribution in [0.4, 0.5) is 13.2 Å². The lowest BCUT2D eigenvalue weighted by Gasteiger charge is -2.13. The molecular formula is C14H12ClF3NO3-. The Morgan fingerprint density at radius 2 is 1.86 bits per heavy atom. The Bertz CT molecular complexity index is 781. The summed E-state index contributed by atoms with van der Waals surface area (Å²) < 4.78 is 38.7. The van der Waals surface area contributed by atoms with Crippen molar-refractivity contribution in [3.63, 3.8) is 0 Å². The maximum Gasteiger partial charge on any atom is 0.432 e. The molecule has 0 atom stereocenters. The van der Waals surface area contributed by atoms with E-state index >= 15 is 0 Å². The molecule has 0 spiro atoms. The zero-order valence-electron chi connectivity index (χ0n) is 11.6. The summed E-state index contributed by atoms with van der Waals surface area (Å²) >= 11 is 0. The fourth-order valence-electron chi connectivity index (χ4n) is 2.08. The van der Waals surface area contributed by atoms with Gasteiger partial charge in [-0.3, -0.25) is 4.79 Å². The molecule has 0 fully saturated rings. The minimum absolute atomic E-state index is 0. The number of aromatic nitrogens is 1. The summed E-state index contributed by atoms with van der Waals surface area (Å²) in [4.78, 5) is 25.2. The van der Waals surface area contributed by atoms with Crippen molar-refractivity contribution in [3.05, 3.63) is 45.2 Å². The number of alkyl halides is 3. The Morgan fingerprint density at radius 3 is 2.32 bits per heavy atom. The number of benzene rings is 1. The molecule has 0 aliphatic carbocycles. The standard InChI is InChI=1S/C14H12F3NO3.ClH/c1-6(2)7-3-4-9-8(5-7)11(19)10(13(20)21)12(18-9)14(15,16)17;/h3-6H,1-2H3,(H,18,19)(H,20,21);1H/p-1. The van der Waals surface area contributed by atoms with Gasteiger partial charge in [0, 0.05) is 10.9 Å². The second-order valence-electron chi connectivity index (χ2n) is 4.97. The van der Waals surface area contributed by atoms with E-state index in [-0.39, 0.29) is 29.2 Å². The highest BCUT2D eigenvalue weighted by atomic mass is 35.5. The summed E-state index contributed by atoms with van der Waals surface area (Å²) in [7, 11) is 0. The smallest absolute Gasteiger partial charge is 0.432 e. The van der Waals surface area contributed by atoms with Gasteiger partial charge in [0.25, 0.3) is 0 Å². The fraction of sp³-hybridized carbons (Fsp3) is 0.286. The lowest BCUT2D eigenvalue weighted by Crippen LogP contribution is -3.00. The van der Waals surface area contributed by atoms with Gasteiger partial charge in [0.1, 0.15) is 11.3 Å². The third-order valence-corrected chi connectivity index (χ3v) is 3.19. The van der Waals surface area contributed by atoms with Crippen molar-refractivity contribution in [2.75, 3.05) is 0 Å². The molecule has 0 saturated carbocycles. The number of aromatic amines is 1. The maximum atomic E-state index is 12.9. The number of halogens is 4. The number of H-pyrrole nitrogens is 1. The van der Waals surface area contributed by atoms with E-state index < -0.39 is 28.8 Å². The van der Waals surface area contributed by atoms with E-state index in [1.54, 1.807) is 6.07 Å². The number of nitrogens with one attached hydrogen (secondary N) is 1. The van der Waals surface area contributed by atoms with Gasteiger partial charge >= 0.3 is 12.1 Å². The monoisotopic (exact) mass is 334 g/mol. The fourth-order valence-corrected chi connectivity index (χ4v) is 2.08. The molecule has 0 aliphatic heterocycles. The second kappa shape index (κ2) is 6.00. The molecule has 0 radical (unpaired) electrons. The van der Waals surface area contributed by atoms with Crippen molar-refractivity contribution in [3.8, 4) is 0 Å². The molecule has 0 bridgehead atoms. The summed E-state index contributed by atoms with van der Waals surface area (Å²) in [5.74, 6) is -1.84. The van der Waals surface area contributed by atoms with E-state index in [9.17, 15) is 22.8 Å². The summed E-state index contributed by atoms with van der Waals surface area (Å²) in [5, 5.41) is 8.86. The first kappa shape index (κ1) is 18.0. The van der Waals surface area contributed by atoms with Crippen LogP contribution < -0.4 is 17.8 Å². The van der Waals surface area contributed by atoms with Crippen molar-refractivity contribution < 1.29 is 35.5 Å². The molecule has 0 aliphatic rings. The second-order valence-corrected chi connectivity index (χ2v) is 4.97. The van der Waals surface area contributed by atoms with Crippen molar-refractivity contribution in [1.29, 1.82) is 0 Å². The first-order valence-electron chi connectivity index (χ1n) is 6.13. The van der Waals surface area contributed by atoms with Crippen LogP contribution in [0.15, 0.2) is 23.0 Å². The Kier molecular flexibility index (Phi) is 4.92. The highest BCUT2D eigenvalue weighted by molar-refractivity contribution is 5.94. The number of aromatic carboxylic acids is 1. The van der Waals surface area contributed by atoms with Gasteiger partial charge in [-0.25, -0.2) is 4.79 Å². The molecule has 1 aromatic carbocycles. The van der Waals surface area contributed by atoms with Crippen molar-refractivity contribution in [2.45, 2.75) is 25.9 Å². The molecule has 1 heterocycles. The van der Waals surface area contributed by atoms with E-state index in [1.165, 1.54) is 12.1 Å². The van der Waals surface area contributed by atoms with E-state index in [2.05, 4.69) is 0 Å². The molecular weight excluding hydrogens is 323 g/mol. The van der Waals surface area contributed by atoms with Gasteiger partial charge in [-0.2, -0.15) is 13.2 Å². The number of pyridine rings is 1. The predicted octanol–water partition coefficient (Wildman–Crippen LogP) is 0.373. The SMILES string of the molecule is CC(C)c1ccc2[nH]c(C(F)(F)F)c(C(=O)O)c(=O)c2c1.[Cl-]. The minimum Gasteiger partial charge on any atom is -1.00 e. The van der Waals surface area contributed by atoms with Crippen LogP contribution in [0, 0.1) is 0 Å². The van der Waals surface area contributed by atoms with Crippen LogP contribution >= 0.6 is 0 Å². The summed E-state index contributed by atoms with van der Waals surface area (Å²) in [6, 6.07) is 4.38. The zero-order chi connectivity index (χ0) is 15.9. The largest absolute Gasteiger partial charge is 1.00 e. The van der Waals surface area contributed by atoms with Gasteiger partial charge in [0.2, 0.25) is 5.43 Å². The van der Waals surface area contributed by atoms with Crippen LogP contribution in [0.3, 0.4) is 0 Å². The molecule has 2 aromatic rings. The average molecular weight is 335 g/mol. The minimum atomic E-state index is -4.95. The highest BCUT2D eigenvalue weighted by Gasteiger charge is 2.38. The molecule has 0 amide bonds. The summed E-state index contributed by atoms with van der Waals surface area (Å²) in [6.07, 6.45) is -4.95. The highest BCUT2D eigenvalue weighted by Crippen LogP contribution is 2.31. The lowest BCUT2D eigenvalue weighted by atomic mass is 9.99. The molecule has 2 rings (SSSR count). The molecule has 0 unspecified atom stereocenters. The van der Waals surface area contributed by atoms with Gasteiger partial charge in [-0.1, -0.05) is 19.9 Å². The van der Waals surface area contributed by atoms with E-state index in [1.807, 2.05) is 18.8 Å².